The van der Waals surface area contributed by atoms with Gasteiger partial charge in [0.1, 0.15) is 5.82 Å². The van der Waals surface area contributed by atoms with Crippen molar-refractivity contribution >= 4 is 33.8 Å². The van der Waals surface area contributed by atoms with E-state index in [4.69, 9.17) is 16.4 Å². The summed E-state index contributed by atoms with van der Waals surface area (Å²) in [7, 11) is -2.68. The zero-order valence-corrected chi connectivity index (χ0v) is 19.9. The van der Waals surface area contributed by atoms with Gasteiger partial charge in [-0.15, -0.1) is 0 Å². The standard InChI is InChI=1S/C23H20ClF5N2O4S/c24-17-7-16(5-6-18(17)25)22(23(27,28)29)8-19(30-35-22)13-1-3-15(4-2-13)21(26)11-31(12-21)20(32)14-9-36(33,34)10-14/h1-8,14,30,33-34H,9-12H2. The number of likely N-dealkylation sites (tertiary alicyclic amines) is 1. The lowest BCUT2D eigenvalue weighted by Crippen LogP contribution is -2.62. The van der Waals surface area contributed by atoms with Crippen LogP contribution in [0.5, 0.6) is 0 Å². The summed E-state index contributed by atoms with van der Waals surface area (Å²) in [6.07, 6.45) is -4.11. The van der Waals surface area contributed by atoms with E-state index >= 15 is 4.39 Å². The summed E-state index contributed by atoms with van der Waals surface area (Å²) >= 11 is 5.69. The highest BCUT2D eigenvalue weighted by atomic mass is 35.5. The van der Waals surface area contributed by atoms with Crippen LogP contribution in [0.25, 0.3) is 5.70 Å². The van der Waals surface area contributed by atoms with Crippen LogP contribution in [0.1, 0.15) is 16.7 Å². The van der Waals surface area contributed by atoms with Gasteiger partial charge in [0.25, 0.3) is 0 Å². The molecule has 194 valence electrons. The van der Waals surface area contributed by atoms with Crippen molar-refractivity contribution in [2.75, 3.05) is 24.6 Å². The normalized spacial score (nSPS) is 25.9. The molecule has 0 aromatic heterocycles. The maximum absolute atomic E-state index is 15.3. The molecule has 2 aromatic carbocycles. The van der Waals surface area contributed by atoms with Gasteiger partial charge >= 0.3 is 6.18 Å². The monoisotopic (exact) mass is 550 g/mol. The van der Waals surface area contributed by atoms with E-state index in [1.165, 1.54) is 29.2 Å². The van der Waals surface area contributed by atoms with E-state index in [1.807, 2.05) is 0 Å². The molecule has 2 fully saturated rings. The number of carbonyl (C=O) groups is 1. The largest absolute Gasteiger partial charge is 0.428 e. The van der Waals surface area contributed by atoms with Crippen molar-refractivity contribution < 1.29 is 40.7 Å². The molecule has 0 saturated carbocycles. The van der Waals surface area contributed by atoms with Gasteiger partial charge in [0.15, 0.2) is 5.67 Å². The van der Waals surface area contributed by atoms with Crippen LogP contribution in [0, 0.1) is 11.7 Å². The lowest BCUT2D eigenvalue weighted by molar-refractivity contribution is -0.269. The van der Waals surface area contributed by atoms with Crippen molar-refractivity contribution in [3.63, 3.8) is 0 Å². The van der Waals surface area contributed by atoms with Crippen molar-refractivity contribution in [1.29, 1.82) is 0 Å². The van der Waals surface area contributed by atoms with Crippen molar-refractivity contribution in [3.05, 3.63) is 76.1 Å². The molecule has 0 aliphatic carbocycles. The summed E-state index contributed by atoms with van der Waals surface area (Å²) in [5, 5.41) is -0.488. The SMILES string of the molecule is O=C(C1CS(O)(O)C1)N1CC(F)(c2ccc(C3=CC(c4ccc(F)c(Cl)c4)(C(F)(F)F)ON3)cc2)C1. The molecule has 0 bridgehead atoms. The Hall–Kier alpha value is -2.38. The van der Waals surface area contributed by atoms with Gasteiger partial charge in [0, 0.05) is 5.56 Å². The fourth-order valence-electron chi connectivity index (χ4n) is 4.55. The second kappa shape index (κ2) is 8.32. The maximum atomic E-state index is 15.3. The first-order valence-electron chi connectivity index (χ1n) is 10.7. The lowest BCUT2D eigenvalue weighted by atomic mass is 9.86. The fourth-order valence-corrected chi connectivity index (χ4v) is 6.21. The van der Waals surface area contributed by atoms with Gasteiger partial charge < -0.3 is 4.90 Å². The number of nitrogens with zero attached hydrogens (tertiary/aromatic N) is 1. The number of hydrogen-bond acceptors (Lipinski definition) is 5. The van der Waals surface area contributed by atoms with E-state index < -0.39 is 50.4 Å². The summed E-state index contributed by atoms with van der Waals surface area (Å²) in [6, 6.07) is 8.28. The van der Waals surface area contributed by atoms with Crippen LogP contribution in [0.15, 0.2) is 48.5 Å². The average Bonchev–Trinajstić information content (AvgIpc) is 3.24. The molecular weight excluding hydrogens is 531 g/mol. The van der Waals surface area contributed by atoms with E-state index in [-0.39, 0.29) is 47.3 Å². The molecule has 1 unspecified atom stereocenters. The number of hydrogen-bond donors (Lipinski definition) is 3. The van der Waals surface area contributed by atoms with E-state index in [0.29, 0.717) is 0 Å². The van der Waals surface area contributed by atoms with E-state index in [9.17, 15) is 31.5 Å². The van der Waals surface area contributed by atoms with E-state index in [0.717, 1.165) is 24.3 Å². The minimum Gasteiger partial charge on any atom is -0.335 e. The van der Waals surface area contributed by atoms with Gasteiger partial charge in [-0.1, -0.05) is 41.9 Å². The summed E-state index contributed by atoms with van der Waals surface area (Å²) in [6.45, 7) is -0.402. The van der Waals surface area contributed by atoms with Crippen LogP contribution in [0.2, 0.25) is 5.02 Å². The highest BCUT2D eigenvalue weighted by molar-refractivity contribution is 8.25. The molecule has 3 aliphatic heterocycles. The van der Waals surface area contributed by atoms with Crippen LogP contribution in [0.4, 0.5) is 22.0 Å². The third-order valence-corrected chi connectivity index (χ3v) is 8.79. The Kier molecular flexibility index (Phi) is 5.84. The molecule has 36 heavy (non-hydrogen) atoms. The number of amides is 1. The molecule has 2 saturated heterocycles. The summed E-state index contributed by atoms with van der Waals surface area (Å²) in [5.41, 5.74) is -2.39. The summed E-state index contributed by atoms with van der Waals surface area (Å²) in [4.78, 5) is 18.6. The number of carbonyl (C=O) groups excluding carboxylic acids is 1. The lowest BCUT2D eigenvalue weighted by Gasteiger charge is -2.51. The maximum Gasteiger partial charge on any atom is 0.428 e. The number of benzene rings is 2. The van der Waals surface area contributed by atoms with Gasteiger partial charge in [-0.2, -0.15) is 23.8 Å². The van der Waals surface area contributed by atoms with E-state index in [1.54, 1.807) is 0 Å². The first-order chi connectivity index (χ1) is 16.7. The summed E-state index contributed by atoms with van der Waals surface area (Å²) in [5.74, 6) is -1.74. The number of rotatable bonds is 4. The molecule has 3 heterocycles. The smallest absolute Gasteiger partial charge is 0.335 e. The highest BCUT2D eigenvalue weighted by Crippen LogP contribution is 2.53. The zero-order chi connectivity index (χ0) is 26.1. The quantitative estimate of drug-likeness (QED) is 0.456. The minimum absolute atomic E-state index is 0.00988. The van der Waals surface area contributed by atoms with Gasteiger partial charge in [-0.05, 0) is 29.3 Å². The number of alkyl halides is 4. The van der Waals surface area contributed by atoms with Crippen LogP contribution >= 0.6 is 22.2 Å². The third-order valence-electron chi connectivity index (χ3n) is 6.63. The van der Waals surface area contributed by atoms with Crippen molar-refractivity contribution in [1.82, 2.24) is 10.4 Å². The Balaban J connectivity index is 1.33. The van der Waals surface area contributed by atoms with E-state index in [2.05, 4.69) is 5.48 Å². The van der Waals surface area contributed by atoms with Crippen LogP contribution in [-0.4, -0.2) is 50.7 Å². The fraction of sp³-hybridized carbons (Fsp3) is 0.348. The Morgan fingerprint density at radius 2 is 1.72 bits per heavy atom. The first kappa shape index (κ1) is 25.3. The zero-order valence-electron chi connectivity index (χ0n) is 18.4. The Labute approximate surface area is 209 Å². The van der Waals surface area contributed by atoms with Crippen LogP contribution in [-0.2, 0) is 20.9 Å². The van der Waals surface area contributed by atoms with Crippen molar-refractivity contribution in [2.24, 2.45) is 5.92 Å². The Morgan fingerprint density at radius 3 is 2.28 bits per heavy atom. The minimum atomic E-state index is -4.92. The van der Waals surface area contributed by atoms with Crippen LogP contribution < -0.4 is 5.48 Å². The number of halogens is 6. The molecule has 0 radical (unpaired) electrons. The molecule has 3 N–H and O–H groups in total. The molecule has 5 rings (SSSR count). The van der Waals surface area contributed by atoms with Crippen LogP contribution in [0.3, 0.4) is 0 Å². The second-order valence-electron chi connectivity index (χ2n) is 9.19. The topological polar surface area (TPSA) is 82.0 Å². The molecular formula is C23H20ClF5N2O4S. The van der Waals surface area contributed by atoms with Crippen molar-refractivity contribution in [2.45, 2.75) is 17.4 Å². The Morgan fingerprint density at radius 1 is 1.11 bits per heavy atom. The highest BCUT2D eigenvalue weighted by Gasteiger charge is 2.59. The average molecular weight is 551 g/mol. The van der Waals surface area contributed by atoms with Gasteiger partial charge in [-0.3, -0.25) is 24.2 Å². The first-order valence-corrected chi connectivity index (χ1v) is 13.0. The van der Waals surface area contributed by atoms with Gasteiger partial charge in [0.2, 0.25) is 11.5 Å². The molecule has 13 heteroatoms. The summed E-state index contributed by atoms with van der Waals surface area (Å²) < 4.78 is 90.0. The van der Waals surface area contributed by atoms with Crippen molar-refractivity contribution in [3.8, 4) is 0 Å². The molecule has 1 amide bonds. The van der Waals surface area contributed by atoms with Gasteiger partial charge in [-0.25, -0.2) is 8.78 Å². The number of hydroxylamine groups is 1. The second-order valence-corrected chi connectivity index (χ2v) is 11.9. The molecule has 1 atom stereocenters. The Bertz CT molecular complexity index is 1240. The third kappa shape index (κ3) is 4.14. The predicted octanol–water partition coefficient (Wildman–Crippen LogP) is 5.20. The van der Waals surface area contributed by atoms with Gasteiger partial charge in [0.05, 0.1) is 41.2 Å². The molecule has 6 nitrogen and oxygen atoms in total. The molecule has 2 aromatic rings. The molecule has 0 spiro atoms. The molecule has 3 aliphatic rings. The number of nitrogens with one attached hydrogen (secondary N) is 1. The predicted molar refractivity (Wildman–Crippen MR) is 123 cm³/mol.